The van der Waals surface area contributed by atoms with Crippen molar-refractivity contribution in [2.45, 2.75) is 4.90 Å². The van der Waals surface area contributed by atoms with Gasteiger partial charge in [0, 0.05) is 5.69 Å². The summed E-state index contributed by atoms with van der Waals surface area (Å²) in [5, 5.41) is -0.280. The molecule has 0 aliphatic heterocycles. The lowest BCUT2D eigenvalue weighted by Crippen LogP contribution is -2.15. The maximum Gasteiger partial charge on any atom is 0.264 e. The van der Waals surface area contributed by atoms with Crippen LogP contribution in [0, 0.1) is 5.82 Å². The van der Waals surface area contributed by atoms with Crippen LogP contribution in [0.4, 0.5) is 15.8 Å². The van der Waals surface area contributed by atoms with Crippen molar-refractivity contribution < 1.29 is 17.5 Å². The van der Waals surface area contributed by atoms with Crippen LogP contribution in [0.25, 0.3) is 0 Å². The summed E-state index contributed by atoms with van der Waals surface area (Å²) in [5.41, 5.74) is 6.05. The van der Waals surface area contributed by atoms with Crippen molar-refractivity contribution in [1.29, 1.82) is 0 Å². The van der Waals surface area contributed by atoms with Gasteiger partial charge in [-0.15, -0.1) is 0 Å². The molecular formula is C13H12ClFN2O3S. The summed E-state index contributed by atoms with van der Waals surface area (Å²) in [6.07, 6.45) is 0. The first kappa shape index (κ1) is 15.4. The van der Waals surface area contributed by atoms with Crippen LogP contribution in [0.1, 0.15) is 0 Å². The van der Waals surface area contributed by atoms with E-state index in [1.807, 2.05) is 0 Å². The normalized spacial score (nSPS) is 11.2. The third-order valence-corrected chi connectivity index (χ3v) is 4.35. The SMILES string of the molecule is COc1ccc(N)cc1NS(=O)(=O)c1cccc(Cl)c1F. The van der Waals surface area contributed by atoms with E-state index in [4.69, 9.17) is 22.1 Å². The number of ether oxygens (including phenoxy) is 1. The average molecular weight is 331 g/mol. The molecule has 0 bridgehead atoms. The minimum atomic E-state index is -4.16. The smallest absolute Gasteiger partial charge is 0.264 e. The molecule has 3 N–H and O–H groups in total. The van der Waals surface area contributed by atoms with Gasteiger partial charge >= 0.3 is 0 Å². The average Bonchev–Trinajstić information content (AvgIpc) is 2.41. The zero-order valence-corrected chi connectivity index (χ0v) is 12.5. The highest BCUT2D eigenvalue weighted by atomic mass is 35.5. The number of benzene rings is 2. The molecule has 0 amide bonds. The number of methoxy groups -OCH3 is 1. The Kier molecular flexibility index (Phi) is 4.24. The molecule has 21 heavy (non-hydrogen) atoms. The second kappa shape index (κ2) is 5.79. The second-order valence-corrected chi connectivity index (χ2v) is 6.18. The third kappa shape index (κ3) is 3.20. The minimum absolute atomic E-state index is 0.108. The first-order valence-electron chi connectivity index (χ1n) is 5.75. The van der Waals surface area contributed by atoms with E-state index in [9.17, 15) is 12.8 Å². The number of halogens is 2. The number of nitrogens with two attached hydrogens (primary N) is 1. The van der Waals surface area contributed by atoms with Gasteiger partial charge in [0.05, 0.1) is 17.8 Å². The number of anilines is 2. The van der Waals surface area contributed by atoms with Gasteiger partial charge in [-0.2, -0.15) is 0 Å². The van der Waals surface area contributed by atoms with E-state index in [0.717, 1.165) is 6.07 Å². The Balaban J connectivity index is 2.47. The molecule has 0 fully saturated rings. The van der Waals surface area contributed by atoms with Crippen LogP contribution in [0.3, 0.4) is 0 Å². The van der Waals surface area contributed by atoms with Gasteiger partial charge in [0.25, 0.3) is 10.0 Å². The molecule has 0 saturated carbocycles. The van der Waals surface area contributed by atoms with Crippen molar-refractivity contribution in [2.24, 2.45) is 0 Å². The van der Waals surface area contributed by atoms with Crippen molar-refractivity contribution >= 4 is 33.0 Å². The van der Waals surface area contributed by atoms with Crippen molar-refractivity contribution in [3.8, 4) is 5.75 Å². The molecule has 0 heterocycles. The Labute approximate surface area is 126 Å². The largest absolute Gasteiger partial charge is 0.495 e. The van der Waals surface area contributed by atoms with Gasteiger partial charge in [-0.05, 0) is 30.3 Å². The molecule has 0 atom stereocenters. The molecule has 0 aliphatic rings. The molecule has 112 valence electrons. The fraction of sp³-hybridized carbons (Fsp3) is 0.0769. The maximum absolute atomic E-state index is 13.9. The number of rotatable bonds is 4. The van der Waals surface area contributed by atoms with E-state index in [2.05, 4.69) is 4.72 Å². The summed E-state index contributed by atoms with van der Waals surface area (Å²) in [6, 6.07) is 8.15. The Morgan fingerprint density at radius 3 is 2.67 bits per heavy atom. The quantitative estimate of drug-likeness (QED) is 0.845. The van der Waals surface area contributed by atoms with Gasteiger partial charge in [-0.3, -0.25) is 4.72 Å². The molecule has 0 saturated heterocycles. The highest BCUT2D eigenvalue weighted by Gasteiger charge is 2.22. The highest BCUT2D eigenvalue weighted by Crippen LogP contribution is 2.30. The van der Waals surface area contributed by atoms with Crippen LogP contribution in [0.2, 0.25) is 5.02 Å². The Bertz CT molecular complexity index is 781. The fourth-order valence-corrected chi connectivity index (χ4v) is 3.09. The molecule has 8 heteroatoms. The Hall–Kier alpha value is -1.99. The van der Waals surface area contributed by atoms with Crippen LogP contribution in [0.5, 0.6) is 5.75 Å². The number of nitrogen functional groups attached to an aromatic ring is 1. The van der Waals surface area contributed by atoms with Crippen LogP contribution < -0.4 is 15.2 Å². The van der Waals surface area contributed by atoms with E-state index >= 15 is 0 Å². The fourth-order valence-electron chi connectivity index (χ4n) is 1.70. The summed E-state index contributed by atoms with van der Waals surface area (Å²) < 4.78 is 45.6. The van der Waals surface area contributed by atoms with E-state index in [1.165, 1.54) is 31.4 Å². The molecule has 2 aromatic carbocycles. The second-order valence-electron chi connectivity index (χ2n) is 4.12. The first-order valence-corrected chi connectivity index (χ1v) is 7.61. The lowest BCUT2D eigenvalue weighted by molar-refractivity contribution is 0.417. The standard InChI is InChI=1S/C13H12ClFN2O3S/c1-20-11-6-5-8(16)7-10(11)17-21(18,19)12-4-2-3-9(14)13(12)15/h2-7,17H,16H2,1H3. The first-order chi connectivity index (χ1) is 9.85. The molecule has 2 aromatic rings. The topological polar surface area (TPSA) is 81.4 Å². The van der Waals surface area contributed by atoms with Crippen LogP contribution in [-0.4, -0.2) is 15.5 Å². The molecule has 0 spiro atoms. The Morgan fingerprint density at radius 1 is 1.29 bits per heavy atom. The predicted molar refractivity (Wildman–Crippen MR) is 79.6 cm³/mol. The van der Waals surface area contributed by atoms with Gasteiger partial charge in [0.2, 0.25) is 0 Å². The minimum Gasteiger partial charge on any atom is -0.495 e. The van der Waals surface area contributed by atoms with Crippen molar-refractivity contribution in [1.82, 2.24) is 0 Å². The third-order valence-electron chi connectivity index (χ3n) is 2.67. The lowest BCUT2D eigenvalue weighted by atomic mass is 10.2. The maximum atomic E-state index is 13.9. The van der Waals surface area contributed by atoms with Gasteiger partial charge in [-0.1, -0.05) is 17.7 Å². The van der Waals surface area contributed by atoms with E-state index in [-0.39, 0.29) is 16.5 Å². The molecule has 0 radical (unpaired) electrons. The van der Waals surface area contributed by atoms with Gasteiger partial charge < -0.3 is 10.5 Å². The van der Waals surface area contributed by atoms with Crippen LogP contribution in [0.15, 0.2) is 41.3 Å². The molecule has 5 nitrogen and oxygen atoms in total. The number of hydrogen-bond donors (Lipinski definition) is 2. The van der Waals surface area contributed by atoms with Crippen LogP contribution >= 0.6 is 11.6 Å². The summed E-state index contributed by atoms with van der Waals surface area (Å²) in [6.45, 7) is 0. The number of sulfonamides is 1. The number of nitrogens with one attached hydrogen (secondary N) is 1. The molecule has 2 rings (SSSR count). The summed E-state index contributed by atoms with van der Waals surface area (Å²) in [4.78, 5) is -0.556. The Morgan fingerprint density at radius 2 is 2.00 bits per heavy atom. The number of hydrogen-bond acceptors (Lipinski definition) is 4. The molecule has 0 unspecified atom stereocenters. The lowest BCUT2D eigenvalue weighted by Gasteiger charge is -2.13. The highest BCUT2D eigenvalue weighted by molar-refractivity contribution is 7.92. The molecule has 0 aromatic heterocycles. The van der Waals surface area contributed by atoms with Crippen LogP contribution in [-0.2, 0) is 10.0 Å². The van der Waals surface area contributed by atoms with Crippen molar-refractivity contribution in [2.75, 3.05) is 17.6 Å². The zero-order chi connectivity index (χ0) is 15.6. The van der Waals surface area contributed by atoms with E-state index in [1.54, 1.807) is 6.07 Å². The van der Waals surface area contributed by atoms with Crippen molar-refractivity contribution in [3.05, 3.63) is 47.2 Å². The summed E-state index contributed by atoms with van der Waals surface area (Å²) in [5.74, 6) is -0.759. The van der Waals surface area contributed by atoms with E-state index in [0.29, 0.717) is 5.69 Å². The monoisotopic (exact) mass is 330 g/mol. The summed E-state index contributed by atoms with van der Waals surface area (Å²) in [7, 11) is -2.78. The predicted octanol–water partition coefficient (Wildman–Crippen LogP) is 2.87. The van der Waals surface area contributed by atoms with Crippen molar-refractivity contribution in [3.63, 3.8) is 0 Å². The molecular weight excluding hydrogens is 319 g/mol. The zero-order valence-electron chi connectivity index (χ0n) is 10.9. The summed E-state index contributed by atoms with van der Waals surface area (Å²) >= 11 is 5.59. The van der Waals surface area contributed by atoms with E-state index < -0.39 is 20.7 Å². The van der Waals surface area contributed by atoms with Gasteiger partial charge in [0.15, 0.2) is 5.82 Å². The van der Waals surface area contributed by atoms with Gasteiger partial charge in [0.1, 0.15) is 10.6 Å². The van der Waals surface area contributed by atoms with Gasteiger partial charge in [-0.25, -0.2) is 12.8 Å². The molecule has 0 aliphatic carbocycles.